The molecular formula is C15H24N2O. The zero-order chi connectivity index (χ0) is 13.5. The molecule has 3 nitrogen and oxygen atoms in total. The summed E-state index contributed by atoms with van der Waals surface area (Å²) in [5.74, 6) is 6.79. The smallest absolute Gasteiger partial charge is 0.122 e. The van der Waals surface area contributed by atoms with E-state index in [1.807, 2.05) is 6.20 Å². The standard InChI is InChI=1S/C15H24N2O/c1-5-6-13(10-17-16)12-7-8-14(11(2)3)15(9-12)18-4/h7-11,17H,5-6,16H2,1-4H3/b13-10+. The fraction of sp³-hybridized carbons (Fsp3) is 0.467. The molecule has 3 N–H and O–H groups in total. The van der Waals surface area contributed by atoms with Crippen LogP contribution in [0.15, 0.2) is 24.4 Å². The van der Waals surface area contributed by atoms with E-state index in [1.54, 1.807) is 7.11 Å². The van der Waals surface area contributed by atoms with Crippen molar-refractivity contribution in [2.24, 2.45) is 5.84 Å². The molecule has 100 valence electrons. The van der Waals surface area contributed by atoms with E-state index >= 15 is 0 Å². The molecule has 0 radical (unpaired) electrons. The fourth-order valence-corrected chi connectivity index (χ4v) is 2.06. The summed E-state index contributed by atoms with van der Waals surface area (Å²) in [6.45, 7) is 6.49. The zero-order valence-corrected chi connectivity index (χ0v) is 11.8. The molecule has 1 aromatic rings. The summed E-state index contributed by atoms with van der Waals surface area (Å²) in [5.41, 5.74) is 6.22. The van der Waals surface area contributed by atoms with Gasteiger partial charge in [-0.3, -0.25) is 5.84 Å². The molecule has 0 atom stereocenters. The largest absolute Gasteiger partial charge is 0.496 e. The number of ether oxygens (including phenoxy) is 1. The van der Waals surface area contributed by atoms with Crippen molar-refractivity contribution in [1.82, 2.24) is 5.43 Å². The molecule has 0 amide bonds. The van der Waals surface area contributed by atoms with Crippen molar-refractivity contribution in [3.8, 4) is 5.75 Å². The van der Waals surface area contributed by atoms with Crippen LogP contribution in [0, 0.1) is 0 Å². The Balaban J connectivity index is 3.14. The molecule has 0 saturated heterocycles. The van der Waals surface area contributed by atoms with Crippen molar-refractivity contribution in [2.75, 3.05) is 7.11 Å². The van der Waals surface area contributed by atoms with E-state index in [-0.39, 0.29) is 0 Å². The zero-order valence-electron chi connectivity index (χ0n) is 11.8. The van der Waals surface area contributed by atoms with Gasteiger partial charge < -0.3 is 10.2 Å². The maximum atomic E-state index is 5.47. The molecule has 0 aliphatic heterocycles. The molecule has 0 aliphatic carbocycles. The summed E-state index contributed by atoms with van der Waals surface area (Å²) in [5, 5.41) is 0. The van der Waals surface area contributed by atoms with Crippen molar-refractivity contribution < 1.29 is 4.74 Å². The molecule has 0 unspecified atom stereocenters. The molecule has 1 rings (SSSR count). The topological polar surface area (TPSA) is 47.3 Å². The third-order valence-electron chi connectivity index (χ3n) is 3.00. The highest BCUT2D eigenvalue weighted by Crippen LogP contribution is 2.30. The van der Waals surface area contributed by atoms with Crippen LogP contribution in [0.5, 0.6) is 5.75 Å². The van der Waals surface area contributed by atoms with E-state index in [2.05, 4.69) is 44.4 Å². The Morgan fingerprint density at radius 3 is 2.67 bits per heavy atom. The van der Waals surface area contributed by atoms with Crippen molar-refractivity contribution in [2.45, 2.75) is 39.5 Å². The lowest BCUT2D eigenvalue weighted by Gasteiger charge is -2.14. The van der Waals surface area contributed by atoms with E-state index in [9.17, 15) is 0 Å². The molecule has 1 aromatic carbocycles. The van der Waals surface area contributed by atoms with E-state index in [0.29, 0.717) is 5.92 Å². The van der Waals surface area contributed by atoms with Gasteiger partial charge in [-0.15, -0.1) is 0 Å². The predicted molar refractivity (Wildman–Crippen MR) is 77.3 cm³/mol. The molecule has 0 spiro atoms. The van der Waals surface area contributed by atoms with E-state index in [1.165, 1.54) is 11.1 Å². The monoisotopic (exact) mass is 248 g/mol. The molecule has 18 heavy (non-hydrogen) atoms. The molecule has 3 heteroatoms. The second-order valence-corrected chi connectivity index (χ2v) is 4.70. The number of allylic oxidation sites excluding steroid dienone is 1. The van der Waals surface area contributed by atoms with Gasteiger partial charge in [0.1, 0.15) is 5.75 Å². The van der Waals surface area contributed by atoms with Gasteiger partial charge in [-0.05, 0) is 35.1 Å². The lowest BCUT2D eigenvalue weighted by Crippen LogP contribution is -2.14. The number of nitrogens with two attached hydrogens (primary N) is 1. The van der Waals surface area contributed by atoms with Crippen LogP contribution in [0.4, 0.5) is 0 Å². The van der Waals surface area contributed by atoms with Crippen molar-refractivity contribution >= 4 is 5.57 Å². The van der Waals surface area contributed by atoms with Gasteiger partial charge in [-0.1, -0.05) is 39.3 Å². The summed E-state index contributed by atoms with van der Waals surface area (Å²) >= 11 is 0. The highest BCUT2D eigenvalue weighted by Gasteiger charge is 2.10. The molecule has 0 bridgehead atoms. The lowest BCUT2D eigenvalue weighted by molar-refractivity contribution is 0.407. The van der Waals surface area contributed by atoms with Gasteiger partial charge in [0.05, 0.1) is 7.11 Å². The normalized spacial score (nSPS) is 11.8. The minimum absolute atomic E-state index is 0.459. The van der Waals surface area contributed by atoms with Gasteiger partial charge in [-0.25, -0.2) is 0 Å². The van der Waals surface area contributed by atoms with Crippen LogP contribution >= 0.6 is 0 Å². The lowest BCUT2D eigenvalue weighted by atomic mass is 9.96. The van der Waals surface area contributed by atoms with E-state index in [4.69, 9.17) is 10.6 Å². The number of rotatable bonds is 6. The first kappa shape index (κ1) is 14.6. The van der Waals surface area contributed by atoms with Crippen molar-refractivity contribution in [3.63, 3.8) is 0 Å². The first-order valence-corrected chi connectivity index (χ1v) is 6.47. The summed E-state index contributed by atoms with van der Waals surface area (Å²) in [4.78, 5) is 0. The van der Waals surface area contributed by atoms with Crippen molar-refractivity contribution in [3.05, 3.63) is 35.5 Å². The van der Waals surface area contributed by atoms with Crippen LogP contribution in [-0.2, 0) is 0 Å². The Labute approximate surface area is 110 Å². The van der Waals surface area contributed by atoms with Crippen LogP contribution in [0.25, 0.3) is 5.57 Å². The fourth-order valence-electron chi connectivity index (χ4n) is 2.06. The molecule has 0 aliphatic rings. The second-order valence-electron chi connectivity index (χ2n) is 4.70. The Hall–Kier alpha value is -1.48. The molecule has 0 aromatic heterocycles. The molecule has 0 fully saturated rings. The van der Waals surface area contributed by atoms with Crippen LogP contribution < -0.4 is 16.0 Å². The maximum Gasteiger partial charge on any atom is 0.122 e. The average Bonchev–Trinajstić information content (AvgIpc) is 2.37. The number of benzene rings is 1. The third-order valence-corrected chi connectivity index (χ3v) is 3.00. The maximum absolute atomic E-state index is 5.47. The van der Waals surface area contributed by atoms with Crippen LogP contribution in [0.2, 0.25) is 0 Å². The first-order chi connectivity index (χ1) is 8.63. The minimum Gasteiger partial charge on any atom is -0.496 e. The van der Waals surface area contributed by atoms with Gasteiger partial charge in [0.15, 0.2) is 0 Å². The molecule has 0 saturated carbocycles. The summed E-state index contributed by atoms with van der Waals surface area (Å²) in [6.07, 6.45) is 3.93. The van der Waals surface area contributed by atoms with Crippen LogP contribution in [-0.4, -0.2) is 7.11 Å². The van der Waals surface area contributed by atoms with Crippen LogP contribution in [0.1, 0.15) is 50.7 Å². The first-order valence-electron chi connectivity index (χ1n) is 6.47. The summed E-state index contributed by atoms with van der Waals surface area (Å²) in [7, 11) is 1.72. The Morgan fingerprint density at radius 2 is 2.17 bits per heavy atom. The Morgan fingerprint density at radius 1 is 1.44 bits per heavy atom. The van der Waals surface area contributed by atoms with E-state index < -0.39 is 0 Å². The van der Waals surface area contributed by atoms with Gasteiger partial charge in [0.2, 0.25) is 0 Å². The van der Waals surface area contributed by atoms with Crippen LogP contribution in [0.3, 0.4) is 0 Å². The second kappa shape index (κ2) is 7.07. The van der Waals surface area contributed by atoms with E-state index in [0.717, 1.165) is 24.2 Å². The van der Waals surface area contributed by atoms with Gasteiger partial charge in [0.25, 0.3) is 0 Å². The highest BCUT2D eigenvalue weighted by molar-refractivity contribution is 5.67. The summed E-state index contributed by atoms with van der Waals surface area (Å²) < 4.78 is 5.47. The van der Waals surface area contributed by atoms with Gasteiger partial charge in [-0.2, -0.15) is 0 Å². The Bertz CT molecular complexity index is 411. The number of hydrogen-bond acceptors (Lipinski definition) is 3. The number of hydrogen-bond donors (Lipinski definition) is 2. The molecular weight excluding hydrogens is 224 g/mol. The van der Waals surface area contributed by atoms with Crippen molar-refractivity contribution in [1.29, 1.82) is 0 Å². The third kappa shape index (κ3) is 3.50. The van der Waals surface area contributed by atoms with Gasteiger partial charge >= 0.3 is 0 Å². The number of nitrogens with one attached hydrogen (secondary N) is 1. The number of hydrazine groups is 1. The average molecular weight is 248 g/mol. The quantitative estimate of drug-likeness (QED) is 0.599. The summed E-state index contributed by atoms with van der Waals surface area (Å²) in [6, 6.07) is 6.36. The highest BCUT2D eigenvalue weighted by atomic mass is 16.5. The Kier molecular flexibility index (Phi) is 5.72. The van der Waals surface area contributed by atoms with Gasteiger partial charge in [0, 0.05) is 6.20 Å². The number of methoxy groups -OCH3 is 1. The SMILES string of the molecule is CCC/C(=C\NN)c1ccc(C(C)C)c(OC)c1. The predicted octanol–water partition coefficient (Wildman–Crippen LogP) is 3.42. The minimum atomic E-state index is 0.459. The molecule has 0 heterocycles.